The largest absolute Gasteiger partial charge is 0.573 e. The molecule has 0 bridgehead atoms. The quantitative estimate of drug-likeness (QED) is 0.115. The normalized spacial score (nSPS) is 13.1. The molecule has 14 heteroatoms. The first-order valence-corrected chi connectivity index (χ1v) is 21.2. The lowest BCUT2D eigenvalue weighted by Crippen LogP contribution is -2.22. The molecule has 0 unspecified atom stereocenters. The highest BCUT2D eigenvalue weighted by Gasteiger charge is 2.31. The van der Waals surface area contributed by atoms with E-state index in [1.54, 1.807) is 16.9 Å². The summed E-state index contributed by atoms with van der Waals surface area (Å²) in [5.74, 6) is 0.115. The fourth-order valence-corrected chi connectivity index (χ4v) is 5.82. The van der Waals surface area contributed by atoms with Gasteiger partial charge in [-0.3, -0.25) is 4.57 Å². The van der Waals surface area contributed by atoms with Crippen molar-refractivity contribution in [2.75, 3.05) is 13.2 Å². The third-order valence-electron chi connectivity index (χ3n) is 6.15. The van der Waals surface area contributed by atoms with Crippen molar-refractivity contribution in [3.8, 4) is 17.3 Å². The molecular formula is C26H35BrF3N5O3Si2. The molecule has 218 valence electrons. The molecule has 3 heterocycles. The van der Waals surface area contributed by atoms with E-state index >= 15 is 0 Å². The second-order valence-electron chi connectivity index (χ2n) is 12.1. The van der Waals surface area contributed by atoms with Gasteiger partial charge in [0.25, 0.3) is 0 Å². The van der Waals surface area contributed by atoms with E-state index in [2.05, 4.69) is 64.9 Å². The monoisotopic (exact) mass is 657 g/mol. The zero-order chi connectivity index (χ0) is 29.3. The molecule has 8 nitrogen and oxygen atoms in total. The Bertz CT molecular complexity index is 1480. The van der Waals surface area contributed by atoms with Crippen LogP contribution in [-0.2, 0) is 22.9 Å². The first kappa shape index (κ1) is 30.7. The molecule has 3 aromatic heterocycles. The van der Waals surface area contributed by atoms with E-state index < -0.39 is 22.5 Å². The minimum absolute atomic E-state index is 0.165. The number of pyridine rings is 1. The minimum Gasteiger partial charge on any atom is -0.406 e. The summed E-state index contributed by atoms with van der Waals surface area (Å²) in [4.78, 5) is 9.28. The number of ether oxygens (including phenoxy) is 3. The molecule has 0 atom stereocenters. The van der Waals surface area contributed by atoms with Crippen molar-refractivity contribution in [2.45, 2.75) is 71.2 Å². The lowest BCUT2D eigenvalue weighted by Gasteiger charge is -2.16. The number of halogens is 4. The van der Waals surface area contributed by atoms with Crippen LogP contribution in [-0.4, -0.2) is 60.0 Å². The zero-order valence-corrected chi connectivity index (χ0v) is 27.2. The number of hydrogen-bond donors (Lipinski definition) is 0. The topological polar surface area (TPSA) is 76.2 Å². The van der Waals surface area contributed by atoms with Crippen molar-refractivity contribution in [3.63, 3.8) is 0 Å². The third kappa shape index (κ3) is 8.15. The zero-order valence-electron chi connectivity index (χ0n) is 23.6. The average molecular weight is 659 g/mol. The molecule has 0 radical (unpaired) electrons. The van der Waals surface area contributed by atoms with E-state index in [9.17, 15) is 13.2 Å². The van der Waals surface area contributed by atoms with E-state index in [0.29, 0.717) is 41.4 Å². The fourth-order valence-electron chi connectivity index (χ4n) is 3.97. The molecular weight excluding hydrogens is 623 g/mol. The molecule has 4 rings (SSSR count). The Hall–Kier alpha value is -2.27. The van der Waals surface area contributed by atoms with Crippen LogP contribution in [0, 0.1) is 0 Å². The SMILES string of the molecule is C[Si](C)(C)CCOCn1nc(-c2nc3cc(OC(F)(F)F)ccc3n2COCC[Si](C)(C)C)c2cc(Br)cnc21. The number of aromatic nitrogens is 5. The highest BCUT2D eigenvalue weighted by atomic mass is 79.9. The molecule has 1 aromatic carbocycles. The number of rotatable bonds is 12. The van der Waals surface area contributed by atoms with Crippen molar-refractivity contribution in [1.82, 2.24) is 24.3 Å². The van der Waals surface area contributed by atoms with Crippen LogP contribution in [0.4, 0.5) is 13.2 Å². The molecule has 0 aliphatic carbocycles. The predicted molar refractivity (Wildman–Crippen MR) is 159 cm³/mol. The van der Waals surface area contributed by atoms with Crippen molar-refractivity contribution in [2.24, 2.45) is 0 Å². The van der Waals surface area contributed by atoms with Crippen molar-refractivity contribution in [1.29, 1.82) is 0 Å². The maximum Gasteiger partial charge on any atom is 0.573 e. The van der Waals surface area contributed by atoms with Gasteiger partial charge in [0.1, 0.15) is 24.9 Å². The summed E-state index contributed by atoms with van der Waals surface area (Å²) in [6.07, 6.45) is -3.11. The molecule has 40 heavy (non-hydrogen) atoms. The van der Waals surface area contributed by atoms with Crippen LogP contribution >= 0.6 is 15.9 Å². The van der Waals surface area contributed by atoms with Crippen LogP contribution in [0.15, 0.2) is 34.9 Å². The van der Waals surface area contributed by atoms with Gasteiger partial charge in [0.05, 0.1) is 16.4 Å². The van der Waals surface area contributed by atoms with Crippen LogP contribution in [0.3, 0.4) is 0 Å². The molecule has 0 spiro atoms. The summed E-state index contributed by atoms with van der Waals surface area (Å²) >= 11 is 3.50. The number of benzene rings is 1. The third-order valence-corrected chi connectivity index (χ3v) is 9.99. The summed E-state index contributed by atoms with van der Waals surface area (Å²) in [7, 11) is -2.58. The van der Waals surface area contributed by atoms with E-state index in [1.165, 1.54) is 12.1 Å². The number of fused-ring (bicyclic) bond motifs is 2. The lowest BCUT2D eigenvalue weighted by molar-refractivity contribution is -0.274. The van der Waals surface area contributed by atoms with Crippen molar-refractivity contribution < 1.29 is 27.4 Å². The van der Waals surface area contributed by atoms with E-state index in [4.69, 9.17) is 19.6 Å². The molecule has 4 aromatic rings. The maximum atomic E-state index is 12.9. The van der Waals surface area contributed by atoms with Crippen LogP contribution < -0.4 is 4.74 Å². The fraction of sp³-hybridized carbons (Fsp3) is 0.500. The van der Waals surface area contributed by atoms with Gasteiger partial charge in [0.2, 0.25) is 0 Å². The van der Waals surface area contributed by atoms with Gasteiger partial charge in [-0.05, 0) is 46.2 Å². The first-order valence-electron chi connectivity index (χ1n) is 13.0. The average Bonchev–Trinajstić information content (AvgIpc) is 3.34. The summed E-state index contributed by atoms with van der Waals surface area (Å²) in [5.41, 5.74) is 2.09. The van der Waals surface area contributed by atoms with Gasteiger partial charge in [0.15, 0.2) is 11.5 Å². The summed E-state index contributed by atoms with van der Waals surface area (Å²) in [6.45, 7) is 15.2. The number of nitrogens with zero attached hydrogens (tertiary/aromatic N) is 5. The van der Waals surface area contributed by atoms with Gasteiger partial charge >= 0.3 is 6.36 Å². The molecule has 0 aliphatic heterocycles. The Morgan fingerprint density at radius 1 is 0.925 bits per heavy atom. The van der Waals surface area contributed by atoms with Gasteiger partial charge in [-0.25, -0.2) is 14.6 Å². The van der Waals surface area contributed by atoms with Gasteiger partial charge in [-0.1, -0.05) is 39.3 Å². The molecule has 0 N–H and O–H groups in total. The highest BCUT2D eigenvalue weighted by Crippen LogP contribution is 2.33. The van der Waals surface area contributed by atoms with Crippen LogP contribution in [0.25, 0.3) is 33.6 Å². The molecule has 0 aliphatic rings. The van der Waals surface area contributed by atoms with Gasteiger partial charge in [-0.2, -0.15) is 5.10 Å². The number of hydrogen-bond acceptors (Lipinski definition) is 6. The van der Waals surface area contributed by atoms with Crippen molar-refractivity contribution in [3.05, 3.63) is 34.9 Å². The Morgan fingerprint density at radius 3 is 2.20 bits per heavy atom. The number of imidazole rings is 1. The van der Waals surface area contributed by atoms with E-state index in [-0.39, 0.29) is 19.2 Å². The Morgan fingerprint density at radius 2 is 1.57 bits per heavy atom. The van der Waals surface area contributed by atoms with Gasteiger partial charge in [0, 0.05) is 46.1 Å². The Kier molecular flexibility index (Phi) is 9.14. The van der Waals surface area contributed by atoms with Gasteiger partial charge < -0.3 is 14.2 Å². The van der Waals surface area contributed by atoms with Gasteiger partial charge in [-0.15, -0.1) is 13.2 Å². The van der Waals surface area contributed by atoms with Crippen LogP contribution in [0.5, 0.6) is 5.75 Å². The summed E-state index contributed by atoms with van der Waals surface area (Å²) in [6, 6.07) is 8.00. The molecule has 0 fully saturated rings. The second kappa shape index (κ2) is 11.9. The molecule has 0 amide bonds. The molecule has 0 saturated carbocycles. The van der Waals surface area contributed by atoms with Crippen LogP contribution in [0.2, 0.25) is 51.4 Å². The standard InChI is InChI=1S/C26H35BrF3N5O3Si2/c1-39(2,3)11-9-36-16-34-22-8-7-19(38-26(28,29)30)14-21(22)32-25(34)23-20-13-18(27)15-31-24(20)35(33-23)17-37-10-12-40(4,5)6/h7-8,13-15H,9-12,16-17H2,1-6H3. The maximum absolute atomic E-state index is 12.9. The molecule has 0 saturated heterocycles. The Labute approximate surface area is 242 Å². The smallest absolute Gasteiger partial charge is 0.406 e. The first-order chi connectivity index (χ1) is 18.6. The van der Waals surface area contributed by atoms with Crippen LogP contribution in [0.1, 0.15) is 0 Å². The second-order valence-corrected chi connectivity index (χ2v) is 24.3. The summed E-state index contributed by atoms with van der Waals surface area (Å²) < 4.78 is 59.1. The van der Waals surface area contributed by atoms with E-state index in [1.807, 2.05) is 10.6 Å². The predicted octanol–water partition coefficient (Wildman–Crippen LogP) is 7.73. The van der Waals surface area contributed by atoms with Crippen molar-refractivity contribution >= 4 is 54.1 Å². The van der Waals surface area contributed by atoms with E-state index in [0.717, 1.165) is 21.9 Å². The highest BCUT2D eigenvalue weighted by molar-refractivity contribution is 9.10. The minimum atomic E-state index is -4.80. The summed E-state index contributed by atoms with van der Waals surface area (Å²) in [5, 5.41) is 5.55. The Balaban J connectivity index is 1.75. The number of alkyl halides is 3. The lowest BCUT2D eigenvalue weighted by atomic mass is 10.2.